The molecule has 2 fully saturated rings. The molecule has 11 nitrogen and oxygen atoms in total. The van der Waals surface area contributed by atoms with Gasteiger partial charge in [0.1, 0.15) is 18.1 Å². The third kappa shape index (κ3) is 5.89. The number of carbonyl (C=O) groups is 4. The van der Waals surface area contributed by atoms with Crippen LogP contribution in [0.2, 0.25) is 0 Å². The van der Waals surface area contributed by atoms with Crippen LogP contribution in [0.5, 0.6) is 0 Å². The van der Waals surface area contributed by atoms with Gasteiger partial charge in [0, 0.05) is 31.4 Å². The highest BCUT2D eigenvalue weighted by molar-refractivity contribution is 5.94. The van der Waals surface area contributed by atoms with Crippen LogP contribution in [0.25, 0.3) is 0 Å². The Hall–Kier alpha value is -2.95. The number of carboxylic acids is 1. The lowest BCUT2D eigenvalue weighted by atomic mass is 10.0. The average Bonchev–Trinajstić information content (AvgIpc) is 3.53. The van der Waals surface area contributed by atoms with Crippen molar-refractivity contribution in [3.63, 3.8) is 0 Å². The van der Waals surface area contributed by atoms with Crippen LogP contribution in [0.4, 0.5) is 0 Å². The molecular formula is C22H34N6O5. The quantitative estimate of drug-likeness (QED) is 0.397. The van der Waals surface area contributed by atoms with E-state index in [0.29, 0.717) is 50.9 Å². The molecule has 5 N–H and O–H groups in total. The predicted molar refractivity (Wildman–Crippen MR) is 119 cm³/mol. The average molecular weight is 463 g/mol. The molecular weight excluding hydrogens is 428 g/mol. The van der Waals surface area contributed by atoms with E-state index in [2.05, 4.69) is 15.3 Å². The lowest BCUT2D eigenvalue weighted by molar-refractivity contribution is -0.152. The molecule has 0 radical (unpaired) electrons. The van der Waals surface area contributed by atoms with Crippen molar-refractivity contribution in [2.45, 2.75) is 76.5 Å². The standard InChI is InChI=1S/C22H34N6O5/c1-13(2)9-15(23)19(29)26-16(10-14-11-24-12-25-14)20(30)27-7-3-5-17(27)21(31)28-8-4-6-18(28)22(32)33/h11-13,15-18H,3-10,23H2,1-2H3,(H,24,25)(H,26,29)(H,32,33). The SMILES string of the molecule is CC(C)CC(N)C(=O)NC(Cc1cnc[nH]1)C(=O)N1CCCC1C(=O)N1CCCC1C(=O)O. The fraction of sp³-hybridized carbons (Fsp3) is 0.682. The molecule has 2 aliphatic rings. The van der Waals surface area contributed by atoms with Gasteiger partial charge in [0.2, 0.25) is 17.7 Å². The molecule has 4 atom stereocenters. The Morgan fingerprint density at radius 3 is 2.45 bits per heavy atom. The molecule has 0 spiro atoms. The Morgan fingerprint density at radius 1 is 1.18 bits per heavy atom. The second-order valence-corrected chi connectivity index (χ2v) is 9.30. The minimum atomic E-state index is -1.03. The molecule has 2 aliphatic heterocycles. The zero-order valence-electron chi connectivity index (χ0n) is 19.2. The van der Waals surface area contributed by atoms with Gasteiger partial charge in [0.05, 0.1) is 12.4 Å². The molecule has 182 valence electrons. The summed E-state index contributed by atoms with van der Waals surface area (Å²) in [5.41, 5.74) is 6.69. The molecule has 1 aromatic rings. The van der Waals surface area contributed by atoms with Crippen molar-refractivity contribution >= 4 is 23.7 Å². The van der Waals surface area contributed by atoms with Gasteiger partial charge in [-0.2, -0.15) is 0 Å². The number of aromatic amines is 1. The van der Waals surface area contributed by atoms with Crippen LogP contribution in [0.3, 0.4) is 0 Å². The van der Waals surface area contributed by atoms with E-state index in [0.717, 1.165) is 0 Å². The highest BCUT2D eigenvalue weighted by atomic mass is 16.4. The fourth-order valence-electron chi connectivity index (χ4n) is 4.68. The topological polar surface area (TPSA) is 162 Å². The van der Waals surface area contributed by atoms with Gasteiger partial charge in [0.25, 0.3) is 0 Å². The summed E-state index contributed by atoms with van der Waals surface area (Å²) >= 11 is 0. The van der Waals surface area contributed by atoms with Gasteiger partial charge < -0.3 is 30.9 Å². The molecule has 33 heavy (non-hydrogen) atoms. The maximum absolute atomic E-state index is 13.5. The van der Waals surface area contributed by atoms with E-state index in [9.17, 15) is 24.3 Å². The zero-order chi connectivity index (χ0) is 24.1. The number of rotatable bonds is 9. The molecule has 0 bridgehead atoms. The summed E-state index contributed by atoms with van der Waals surface area (Å²) in [6.07, 6.45) is 5.85. The molecule has 0 aliphatic carbocycles. The zero-order valence-corrected chi connectivity index (χ0v) is 19.2. The fourth-order valence-corrected chi connectivity index (χ4v) is 4.68. The van der Waals surface area contributed by atoms with Crippen molar-refractivity contribution in [1.82, 2.24) is 25.1 Å². The number of carboxylic acid groups (broad SMARTS) is 1. The van der Waals surface area contributed by atoms with E-state index in [1.165, 1.54) is 16.1 Å². The highest BCUT2D eigenvalue weighted by Gasteiger charge is 2.43. The van der Waals surface area contributed by atoms with E-state index in [-0.39, 0.29) is 24.2 Å². The van der Waals surface area contributed by atoms with Crippen LogP contribution >= 0.6 is 0 Å². The van der Waals surface area contributed by atoms with Crippen molar-refractivity contribution < 1.29 is 24.3 Å². The van der Waals surface area contributed by atoms with E-state index in [1.807, 2.05) is 13.8 Å². The maximum atomic E-state index is 13.5. The van der Waals surface area contributed by atoms with Crippen LogP contribution in [0.15, 0.2) is 12.5 Å². The first-order valence-corrected chi connectivity index (χ1v) is 11.6. The van der Waals surface area contributed by atoms with E-state index < -0.39 is 36.0 Å². The summed E-state index contributed by atoms with van der Waals surface area (Å²) in [6, 6.07) is -3.26. The van der Waals surface area contributed by atoms with Crippen LogP contribution in [-0.4, -0.2) is 85.8 Å². The number of likely N-dealkylation sites (tertiary alicyclic amines) is 2. The van der Waals surface area contributed by atoms with Crippen LogP contribution in [0.1, 0.15) is 51.6 Å². The van der Waals surface area contributed by atoms with Gasteiger partial charge in [-0.25, -0.2) is 9.78 Å². The van der Waals surface area contributed by atoms with Gasteiger partial charge in [-0.3, -0.25) is 14.4 Å². The Morgan fingerprint density at radius 2 is 1.85 bits per heavy atom. The van der Waals surface area contributed by atoms with Gasteiger partial charge in [-0.1, -0.05) is 13.8 Å². The van der Waals surface area contributed by atoms with E-state index in [4.69, 9.17) is 5.73 Å². The lowest BCUT2D eigenvalue weighted by Gasteiger charge is -2.32. The van der Waals surface area contributed by atoms with E-state index >= 15 is 0 Å². The number of aromatic nitrogens is 2. The largest absolute Gasteiger partial charge is 0.480 e. The normalized spacial score (nSPS) is 22.4. The number of aliphatic carboxylic acids is 1. The van der Waals surface area contributed by atoms with E-state index in [1.54, 1.807) is 6.20 Å². The van der Waals surface area contributed by atoms with Crippen molar-refractivity contribution in [2.75, 3.05) is 13.1 Å². The van der Waals surface area contributed by atoms with Crippen molar-refractivity contribution in [3.8, 4) is 0 Å². The van der Waals surface area contributed by atoms with Crippen LogP contribution in [0, 0.1) is 5.92 Å². The number of nitrogens with one attached hydrogen (secondary N) is 2. The molecule has 3 heterocycles. The molecule has 4 unspecified atom stereocenters. The smallest absolute Gasteiger partial charge is 0.326 e. The second kappa shape index (κ2) is 10.8. The summed E-state index contributed by atoms with van der Waals surface area (Å²) in [4.78, 5) is 60.8. The minimum absolute atomic E-state index is 0.178. The molecule has 0 aromatic carbocycles. The molecule has 3 rings (SSSR count). The maximum Gasteiger partial charge on any atom is 0.326 e. The first-order chi connectivity index (χ1) is 15.7. The summed E-state index contributed by atoms with van der Waals surface area (Å²) in [7, 11) is 0. The van der Waals surface area contributed by atoms with Gasteiger partial charge in [-0.05, 0) is 38.0 Å². The van der Waals surface area contributed by atoms with Gasteiger partial charge >= 0.3 is 5.97 Å². The highest BCUT2D eigenvalue weighted by Crippen LogP contribution is 2.26. The molecule has 2 saturated heterocycles. The predicted octanol–water partition coefficient (Wildman–Crippen LogP) is -0.123. The third-order valence-corrected chi connectivity index (χ3v) is 6.30. The lowest BCUT2D eigenvalue weighted by Crippen LogP contribution is -2.57. The van der Waals surface area contributed by atoms with Crippen molar-refractivity contribution in [2.24, 2.45) is 11.7 Å². The Bertz CT molecular complexity index is 857. The molecule has 0 saturated carbocycles. The molecule has 1 aromatic heterocycles. The number of nitrogens with two attached hydrogens (primary N) is 1. The first-order valence-electron chi connectivity index (χ1n) is 11.6. The number of imidazole rings is 1. The van der Waals surface area contributed by atoms with Gasteiger partial charge in [0.15, 0.2) is 0 Å². The Labute approximate surface area is 193 Å². The number of hydrogen-bond acceptors (Lipinski definition) is 6. The number of H-pyrrole nitrogens is 1. The van der Waals surface area contributed by atoms with Crippen molar-refractivity contribution in [1.29, 1.82) is 0 Å². The monoisotopic (exact) mass is 462 g/mol. The third-order valence-electron chi connectivity index (χ3n) is 6.30. The van der Waals surface area contributed by atoms with Crippen LogP contribution < -0.4 is 11.1 Å². The number of amides is 3. The van der Waals surface area contributed by atoms with Gasteiger partial charge in [-0.15, -0.1) is 0 Å². The second-order valence-electron chi connectivity index (χ2n) is 9.30. The van der Waals surface area contributed by atoms with Crippen LogP contribution in [-0.2, 0) is 25.6 Å². The molecule has 11 heteroatoms. The summed E-state index contributed by atoms with van der Waals surface area (Å²) in [5.74, 6) is -1.95. The number of hydrogen-bond donors (Lipinski definition) is 4. The minimum Gasteiger partial charge on any atom is -0.480 e. The summed E-state index contributed by atoms with van der Waals surface area (Å²) in [5, 5.41) is 12.2. The molecule has 3 amide bonds. The number of nitrogens with zero attached hydrogens (tertiary/aromatic N) is 3. The summed E-state index contributed by atoms with van der Waals surface area (Å²) < 4.78 is 0. The van der Waals surface area contributed by atoms with Crippen molar-refractivity contribution in [3.05, 3.63) is 18.2 Å². The number of carbonyl (C=O) groups excluding carboxylic acids is 3. The summed E-state index contributed by atoms with van der Waals surface area (Å²) in [6.45, 7) is 4.66. The Kier molecular flexibility index (Phi) is 8.06. The first kappa shape index (κ1) is 24.7. The Balaban J connectivity index is 1.76.